The van der Waals surface area contributed by atoms with E-state index in [0.717, 1.165) is 0 Å². The van der Waals surface area contributed by atoms with Crippen molar-refractivity contribution in [2.45, 2.75) is 64.4 Å². The summed E-state index contributed by atoms with van der Waals surface area (Å²) in [6.07, 6.45) is -2.54. The van der Waals surface area contributed by atoms with Gasteiger partial charge >= 0.3 is 12.1 Å². The van der Waals surface area contributed by atoms with E-state index in [1.165, 1.54) is 0 Å². The summed E-state index contributed by atoms with van der Waals surface area (Å²) in [5.74, 6) is -1.19. The largest absolute Gasteiger partial charge is 0.466 e. The number of hydrogen-bond donors (Lipinski definition) is 3. The van der Waals surface area contributed by atoms with Crippen molar-refractivity contribution in [2.24, 2.45) is 5.92 Å². The fourth-order valence-electron chi connectivity index (χ4n) is 2.29. The third kappa shape index (κ3) is 5.51. The Morgan fingerprint density at radius 1 is 1.19 bits per heavy atom. The Labute approximate surface area is 124 Å². The average Bonchev–Trinajstić information content (AvgIpc) is 2.31. The number of aliphatic hydroxyl groups excluding tert-OH is 2. The quantitative estimate of drug-likeness (QED) is 0.659. The molecule has 1 aliphatic carbocycles. The first kappa shape index (κ1) is 17.7. The molecule has 0 bridgehead atoms. The topological polar surface area (TPSA) is 105 Å². The van der Waals surface area contributed by atoms with E-state index in [0.29, 0.717) is 0 Å². The Balaban J connectivity index is 2.74. The molecule has 122 valence electrons. The van der Waals surface area contributed by atoms with Gasteiger partial charge in [-0.25, -0.2) is 4.79 Å². The van der Waals surface area contributed by atoms with Gasteiger partial charge in [-0.3, -0.25) is 4.79 Å². The molecule has 0 radical (unpaired) electrons. The number of rotatable bonds is 3. The summed E-state index contributed by atoms with van der Waals surface area (Å²) in [7, 11) is 0. The average molecular weight is 303 g/mol. The maximum atomic E-state index is 11.9. The molecule has 0 aliphatic heterocycles. The van der Waals surface area contributed by atoms with Crippen LogP contribution in [0.25, 0.3) is 0 Å². The number of ether oxygens (including phenoxy) is 2. The molecule has 7 heteroatoms. The second kappa shape index (κ2) is 7.09. The number of esters is 1. The Kier molecular flexibility index (Phi) is 5.98. The highest BCUT2D eigenvalue weighted by atomic mass is 16.6. The predicted octanol–water partition coefficient (Wildman–Crippen LogP) is 0.575. The zero-order valence-corrected chi connectivity index (χ0v) is 13.0. The van der Waals surface area contributed by atoms with Crippen molar-refractivity contribution < 1.29 is 29.3 Å². The van der Waals surface area contributed by atoms with Gasteiger partial charge in [-0.05, 0) is 40.5 Å². The lowest BCUT2D eigenvalue weighted by atomic mass is 9.81. The monoisotopic (exact) mass is 303 g/mol. The zero-order chi connectivity index (χ0) is 16.2. The van der Waals surface area contributed by atoms with E-state index in [1.54, 1.807) is 27.7 Å². The molecular weight excluding hydrogens is 278 g/mol. The van der Waals surface area contributed by atoms with Gasteiger partial charge in [-0.1, -0.05) is 0 Å². The molecule has 0 unspecified atom stereocenters. The van der Waals surface area contributed by atoms with E-state index in [2.05, 4.69) is 5.32 Å². The highest BCUT2D eigenvalue weighted by Gasteiger charge is 2.41. The molecule has 3 N–H and O–H groups in total. The van der Waals surface area contributed by atoms with E-state index < -0.39 is 41.8 Å². The van der Waals surface area contributed by atoms with E-state index in [-0.39, 0.29) is 19.4 Å². The molecule has 0 spiro atoms. The van der Waals surface area contributed by atoms with Crippen LogP contribution in [0.15, 0.2) is 0 Å². The number of nitrogens with one attached hydrogen (secondary N) is 1. The van der Waals surface area contributed by atoms with Gasteiger partial charge < -0.3 is 25.0 Å². The van der Waals surface area contributed by atoms with Crippen molar-refractivity contribution in [1.82, 2.24) is 5.32 Å². The minimum atomic E-state index is -1.00. The number of hydrogen-bond acceptors (Lipinski definition) is 6. The van der Waals surface area contributed by atoms with E-state index in [4.69, 9.17) is 9.47 Å². The Hall–Kier alpha value is -1.34. The first-order valence-electron chi connectivity index (χ1n) is 7.16. The third-order valence-corrected chi connectivity index (χ3v) is 3.21. The Morgan fingerprint density at radius 3 is 2.29 bits per heavy atom. The van der Waals surface area contributed by atoms with Crippen LogP contribution >= 0.6 is 0 Å². The highest BCUT2D eigenvalue weighted by Crippen LogP contribution is 2.27. The fraction of sp³-hybridized carbons (Fsp3) is 0.857. The van der Waals surface area contributed by atoms with Crippen LogP contribution in [0.1, 0.15) is 40.5 Å². The first-order valence-corrected chi connectivity index (χ1v) is 7.16. The second-order valence-corrected chi connectivity index (χ2v) is 6.22. The molecule has 1 fully saturated rings. The molecule has 21 heavy (non-hydrogen) atoms. The number of carbonyl (C=O) groups is 2. The van der Waals surface area contributed by atoms with E-state index in [1.807, 2.05) is 0 Å². The number of amides is 1. The van der Waals surface area contributed by atoms with Crippen molar-refractivity contribution in [3.63, 3.8) is 0 Å². The van der Waals surface area contributed by atoms with Gasteiger partial charge in [0.15, 0.2) is 0 Å². The second-order valence-electron chi connectivity index (χ2n) is 6.22. The molecule has 1 rings (SSSR count). The van der Waals surface area contributed by atoms with Crippen LogP contribution in [0.5, 0.6) is 0 Å². The predicted molar refractivity (Wildman–Crippen MR) is 74.5 cm³/mol. The Bertz CT molecular complexity index is 378. The maximum absolute atomic E-state index is 11.9. The number of carbonyl (C=O) groups excluding carboxylic acids is 2. The van der Waals surface area contributed by atoms with Crippen LogP contribution in [-0.2, 0) is 14.3 Å². The summed E-state index contributed by atoms with van der Waals surface area (Å²) in [4.78, 5) is 23.7. The third-order valence-electron chi connectivity index (χ3n) is 3.21. The molecule has 0 aromatic rings. The van der Waals surface area contributed by atoms with Gasteiger partial charge in [-0.2, -0.15) is 0 Å². The van der Waals surface area contributed by atoms with Crippen LogP contribution < -0.4 is 5.32 Å². The van der Waals surface area contributed by atoms with Gasteiger partial charge in [0.25, 0.3) is 0 Å². The summed E-state index contributed by atoms with van der Waals surface area (Å²) in [6, 6.07) is -0.628. The van der Waals surface area contributed by atoms with Crippen LogP contribution in [0.4, 0.5) is 4.79 Å². The first-order chi connectivity index (χ1) is 9.64. The van der Waals surface area contributed by atoms with Crippen molar-refractivity contribution in [3.05, 3.63) is 0 Å². The number of alkyl carbamates (subject to hydrolysis) is 1. The molecule has 0 saturated heterocycles. The molecule has 1 aliphatic rings. The SMILES string of the molecule is CCOC(=O)[C@@H]1C[C@H](O)[C@H](O)C[C@H]1NC(=O)OC(C)(C)C. The summed E-state index contributed by atoms with van der Waals surface area (Å²) < 4.78 is 10.1. The van der Waals surface area contributed by atoms with Crippen molar-refractivity contribution in [1.29, 1.82) is 0 Å². The van der Waals surface area contributed by atoms with Crippen LogP contribution in [-0.4, -0.2) is 52.7 Å². The van der Waals surface area contributed by atoms with E-state index in [9.17, 15) is 19.8 Å². The van der Waals surface area contributed by atoms with Gasteiger partial charge in [0.2, 0.25) is 0 Å². The highest BCUT2D eigenvalue weighted by molar-refractivity contribution is 5.75. The molecule has 0 aromatic heterocycles. The summed E-state index contributed by atoms with van der Waals surface area (Å²) in [5.41, 5.74) is -0.656. The van der Waals surface area contributed by atoms with E-state index >= 15 is 0 Å². The van der Waals surface area contributed by atoms with Crippen LogP contribution in [0, 0.1) is 5.92 Å². The molecule has 0 aromatic carbocycles. The minimum Gasteiger partial charge on any atom is -0.466 e. The normalized spacial score (nSPS) is 29.6. The minimum absolute atomic E-state index is 0.0421. The van der Waals surface area contributed by atoms with Gasteiger partial charge in [0.1, 0.15) is 5.60 Å². The lowest BCUT2D eigenvalue weighted by Crippen LogP contribution is -2.53. The Morgan fingerprint density at radius 2 is 1.76 bits per heavy atom. The van der Waals surface area contributed by atoms with Crippen LogP contribution in [0.3, 0.4) is 0 Å². The lowest BCUT2D eigenvalue weighted by molar-refractivity contribution is -0.154. The van der Waals surface area contributed by atoms with Crippen molar-refractivity contribution in [2.75, 3.05) is 6.61 Å². The van der Waals surface area contributed by atoms with Gasteiger partial charge in [0, 0.05) is 6.04 Å². The molecular formula is C14H25NO6. The summed E-state index contributed by atoms with van der Waals surface area (Å²) in [5, 5.41) is 22.0. The lowest BCUT2D eigenvalue weighted by Gasteiger charge is -2.36. The maximum Gasteiger partial charge on any atom is 0.407 e. The summed E-state index contributed by atoms with van der Waals surface area (Å²) in [6.45, 7) is 7.09. The molecule has 1 saturated carbocycles. The number of aliphatic hydroxyl groups is 2. The van der Waals surface area contributed by atoms with Crippen molar-refractivity contribution >= 4 is 12.1 Å². The summed E-state index contributed by atoms with van der Waals surface area (Å²) >= 11 is 0. The standard InChI is InChI=1S/C14H25NO6/c1-5-20-12(18)8-6-10(16)11(17)7-9(8)15-13(19)21-14(2,3)4/h8-11,16-17H,5-7H2,1-4H3,(H,15,19)/t8-,9-,10+,11-/m1/s1. The molecule has 1 amide bonds. The molecule has 4 atom stereocenters. The van der Waals surface area contributed by atoms with Gasteiger partial charge in [-0.15, -0.1) is 0 Å². The smallest absolute Gasteiger partial charge is 0.407 e. The zero-order valence-electron chi connectivity index (χ0n) is 13.0. The van der Waals surface area contributed by atoms with Crippen LogP contribution in [0.2, 0.25) is 0 Å². The molecule has 0 heterocycles. The van der Waals surface area contributed by atoms with Gasteiger partial charge in [0.05, 0.1) is 24.7 Å². The fourth-order valence-corrected chi connectivity index (χ4v) is 2.29. The van der Waals surface area contributed by atoms with Crippen molar-refractivity contribution in [3.8, 4) is 0 Å². The molecule has 7 nitrogen and oxygen atoms in total.